The van der Waals surface area contributed by atoms with Gasteiger partial charge in [-0.3, -0.25) is 9.78 Å². The predicted molar refractivity (Wildman–Crippen MR) is 42.3 cm³/mol. The Morgan fingerprint density at radius 2 is 2.25 bits per heavy atom. The molecule has 64 valence electrons. The zero-order valence-electron chi connectivity index (χ0n) is 6.33. The quantitative estimate of drug-likeness (QED) is 0.441. The molecule has 1 aromatic heterocycles. The summed E-state index contributed by atoms with van der Waals surface area (Å²) < 4.78 is 0. The fourth-order valence-electron chi connectivity index (χ4n) is 0.667. The van der Waals surface area contributed by atoms with Crippen molar-refractivity contribution in [1.29, 1.82) is 0 Å². The zero-order chi connectivity index (χ0) is 8.97. The summed E-state index contributed by atoms with van der Waals surface area (Å²) >= 11 is 0. The normalized spacial score (nSPS) is 10.4. The van der Waals surface area contributed by atoms with Gasteiger partial charge < -0.3 is 9.82 Å². The van der Waals surface area contributed by atoms with Crippen LogP contribution in [0.3, 0.4) is 0 Å². The largest absolute Gasteiger partial charge is 0.399 e. The lowest BCUT2D eigenvalue weighted by Gasteiger charge is -1.89. The molecule has 0 aliphatic rings. The summed E-state index contributed by atoms with van der Waals surface area (Å²) in [5.74, 6) is 0. The molecule has 12 heavy (non-hydrogen) atoms. The number of hydrogen-bond donors (Lipinski definition) is 2. The number of hydrogen-bond acceptors (Lipinski definition) is 4. The van der Waals surface area contributed by atoms with Crippen molar-refractivity contribution in [3.05, 3.63) is 32.6 Å². The summed E-state index contributed by atoms with van der Waals surface area (Å²) in [5, 5.41) is 3.38. The molecule has 0 aromatic carbocycles. The molecule has 1 heterocycles. The minimum Gasteiger partial charge on any atom is -0.399 e. The first-order valence-electron chi connectivity index (χ1n) is 3.12. The van der Waals surface area contributed by atoms with Crippen molar-refractivity contribution in [2.45, 2.75) is 0 Å². The van der Waals surface area contributed by atoms with E-state index in [0.29, 0.717) is 5.69 Å². The van der Waals surface area contributed by atoms with Crippen LogP contribution in [0.2, 0.25) is 0 Å². The number of oxime groups is 1. The van der Waals surface area contributed by atoms with E-state index in [4.69, 9.17) is 0 Å². The molecule has 1 aromatic rings. The Morgan fingerprint density at radius 1 is 1.50 bits per heavy atom. The lowest BCUT2D eigenvalue weighted by atomic mass is 10.4. The molecule has 0 atom stereocenters. The van der Waals surface area contributed by atoms with Crippen molar-refractivity contribution in [2.75, 3.05) is 7.11 Å². The summed E-state index contributed by atoms with van der Waals surface area (Å²) in [7, 11) is 1.36. The van der Waals surface area contributed by atoms with Crippen molar-refractivity contribution in [1.82, 2.24) is 9.97 Å². The highest BCUT2D eigenvalue weighted by molar-refractivity contribution is 5.75. The molecule has 0 aliphatic heterocycles. The van der Waals surface area contributed by atoms with E-state index in [0.717, 1.165) is 0 Å². The van der Waals surface area contributed by atoms with E-state index < -0.39 is 11.2 Å². The number of rotatable bonds is 2. The highest BCUT2D eigenvalue weighted by Crippen LogP contribution is 1.78. The van der Waals surface area contributed by atoms with Crippen molar-refractivity contribution in [3.8, 4) is 0 Å². The van der Waals surface area contributed by atoms with Crippen LogP contribution in [0, 0.1) is 0 Å². The van der Waals surface area contributed by atoms with E-state index in [9.17, 15) is 9.59 Å². The van der Waals surface area contributed by atoms with Gasteiger partial charge in [0.15, 0.2) is 0 Å². The second kappa shape index (κ2) is 3.51. The lowest BCUT2D eigenvalue weighted by Crippen LogP contribution is -2.22. The van der Waals surface area contributed by atoms with Crippen LogP contribution in [0.4, 0.5) is 0 Å². The Hall–Kier alpha value is -1.85. The molecular formula is C6H7N3O3. The van der Waals surface area contributed by atoms with E-state index in [-0.39, 0.29) is 0 Å². The highest BCUT2D eigenvalue weighted by atomic mass is 16.6. The monoisotopic (exact) mass is 169 g/mol. The van der Waals surface area contributed by atoms with Crippen molar-refractivity contribution in [2.24, 2.45) is 5.16 Å². The molecule has 0 bridgehead atoms. The smallest absolute Gasteiger partial charge is 0.326 e. The minimum absolute atomic E-state index is 0.297. The van der Waals surface area contributed by atoms with Gasteiger partial charge in [-0.25, -0.2) is 4.79 Å². The molecule has 0 fully saturated rings. The Kier molecular flexibility index (Phi) is 2.42. The minimum atomic E-state index is -0.569. The van der Waals surface area contributed by atoms with Gasteiger partial charge in [0.05, 0.1) is 11.9 Å². The average molecular weight is 169 g/mol. The summed E-state index contributed by atoms with van der Waals surface area (Å²) in [6, 6.07) is 1.20. The Morgan fingerprint density at radius 3 is 2.83 bits per heavy atom. The summed E-state index contributed by atoms with van der Waals surface area (Å²) in [4.78, 5) is 30.1. The summed E-state index contributed by atoms with van der Waals surface area (Å²) in [6.07, 6.45) is 1.23. The number of aromatic amines is 2. The first kappa shape index (κ1) is 8.25. The van der Waals surface area contributed by atoms with E-state index >= 15 is 0 Å². The third-order valence-corrected chi connectivity index (χ3v) is 1.08. The van der Waals surface area contributed by atoms with E-state index in [1.807, 2.05) is 4.98 Å². The zero-order valence-corrected chi connectivity index (χ0v) is 6.33. The third-order valence-electron chi connectivity index (χ3n) is 1.08. The molecule has 0 saturated heterocycles. The van der Waals surface area contributed by atoms with Gasteiger partial charge in [0.25, 0.3) is 5.56 Å². The highest BCUT2D eigenvalue weighted by Gasteiger charge is 1.91. The molecule has 0 radical (unpaired) electrons. The van der Waals surface area contributed by atoms with Crippen LogP contribution in [0.5, 0.6) is 0 Å². The van der Waals surface area contributed by atoms with Gasteiger partial charge in [-0.05, 0) is 0 Å². The van der Waals surface area contributed by atoms with Crippen LogP contribution in [-0.4, -0.2) is 23.3 Å². The fraction of sp³-hybridized carbons (Fsp3) is 0.167. The van der Waals surface area contributed by atoms with Gasteiger partial charge in [0.2, 0.25) is 0 Å². The van der Waals surface area contributed by atoms with Crippen LogP contribution in [-0.2, 0) is 4.84 Å². The predicted octanol–water partition coefficient (Wildman–Crippen LogP) is -0.957. The standard InChI is InChI=1S/C6H7N3O3/c1-12-7-3-4-2-5(10)9-6(11)8-4/h2-3H,1H3,(H2,8,9,10,11)/b7-3+. The van der Waals surface area contributed by atoms with Gasteiger partial charge >= 0.3 is 5.69 Å². The topological polar surface area (TPSA) is 87.3 Å². The number of H-pyrrole nitrogens is 2. The summed E-state index contributed by atoms with van der Waals surface area (Å²) in [6.45, 7) is 0. The van der Waals surface area contributed by atoms with Gasteiger partial charge in [0.1, 0.15) is 7.11 Å². The van der Waals surface area contributed by atoms with Crippen LogP contribution in [0.15, 0.2) is 20.8 Å². The molecule has 6 heteroatoms. The van der Waals surface area contributed by atoms with E-state index in [2.05, 4.69) is 15.0 Å². The maximum Gasteiger partial charge on any atom is 0.326 e. The van der Waals surface area contributed by atoms with Gasteiger partial charge in [0, 0.05) is 6.07 Å². The molecule has 0 unspecified atom stereocenters. The van der Waals surface area contributed by atoms with Crippen LogP contribution < -0.4 is 11.2 Å². The number of nitrogens with zero attached hydrogens (tertiary/aromatic N) is 1. The first-order valence-corrected chi connectivity index (χ1v) is 3.12. The first-order chi connectivity index (χ1) is 5.72. The van der Waals surface area contributed by atoms with Gasteiger partial charge in [-0.15, -0.1) is 0 Å². The average Bonchev–Trinajstić information content (AvgIpc) is 1.99. The van der Waals surface area contributed by atoms with Gasteiger partial charge in [-0.2, -0.15) is 0 Å². The maximum absolute atomic E-state index is 10.7. The SMILES string of the molecule is CO/N=C/c1cc(=O)[nH]c(=O)[nH]1. The molecule has 0 aliphatic carbocycles. The third kappa shape index (κ3) is 2.08. The molecule has 0 spiro atoms. The number of aromatic nitrogens is 2. The van der Waals surface area contributed by atoms with Crippen molar-refractivity contribution >= 4 is 6.21 Å². The van der Waals surface area contributed by atoms with Crippen molar-refractivity contribution in [3.63, 3.8) is 0 Å². The molecule has 6 nitrogen and oxygen atoms in total. The van der Waals surface area contributed by atoms with E-state index in [1.165, 1.54) is 19.4 Å². The van der Waals surface area contributed by atoms with Crippen LogP contribution >= 0.6 is 0 Å². The molecule has 0 saturated carbocycles. The molecule has 1 rings (SSSR count). The molecule has 2 N–H and O–H groups in total. The second-order valence-electron chi connectivity index (χ2n) is 1.96. The lowest BCUT2D eigenvalue weighted by molar-refractivity contribution is 0.215. The van der Waals surface area contributed by atoms with E-state index in [1.54, 1.807) is 0 Å². The summed E-state index contributed by atoms with van der Waals surface area (Å²) in [5.41, 5.74) is -0.748. The Labute approximate surface area is 66.9 Å². The molecular weight excluding hydrogens is 162 g/mol. The van der Waals surface area contributed by atoms with Crippen molar-refractivity contribution < 1.29 is 4.84 Å². The Balaban J connectivity index is 3.09. The molecule has 0 amide bonds. The van der Waals surface area contributed by atoms with Gasteiger partial charge in [-0.1, -0.05) is 5.16 Å². The number of nitrogens with one attached hydrogen (secondary N) is 2. The van der Waals surface area contributed by atoms with Crippen LogP contribution in [0.25, 0.3) is 0 Å². The van der Waals surface area contributed by atoms with Crippen LogP contribution in [0.1, 0.15) is 5.69 Å². The second-order valence-corrected chi connectivity index (χ2v) is 1.96. The maximum atomic E-state index is 10.7. The fourth-order valence-corrected chi connectivity index (χ4v) is 0.667. The Bertz CT molecular complexity index is 361.